The Morgan fingerprint density at radius 3 is 2.46 bits per heavy atom. The van der Waals surface area contributed by atoms with Crippen molar-refractivity contribution in [3.8, 4) is 5.75 Å². The lowest BCUT2D eigenvalue weighted by Gasteiger charge is -2.17. The summed E-state index contributed by atoms with van der Waals surface area (Å²) < 4.78 is 17.8. The first-order valence-corrected chi connectivity index (χ1v) is 10.2. The Balaban J connectivity index is 2.12. The number of Topliss-reactive ketones (excluding diaryl/α,β-unsaturated/α-hetero) is 1. The number of esters is 1. The molecule has 2 aromatic rings. The molecule has 0 amide bonds. The highest BCUT2D eigenvalue weighted by Gasteiger charge is 2.21. The summed E-state index contributed by atoms with van der Waals surface area (Å²) in [7, 11) is 3.15. The summed E-state index contributed by atoms with van der Waals surface area (Å²) >= 11 is 1.55. The van der Waals surface area contributed by atoms with Crippen LogP contribution in [0.15, 0.2) is 29.2 Å². The summed E-state index contributed by atoms with van der Waals surface area (Å²) in [6, 6.07) is 7.17. The molecule has 7 heteroatoms. The van der Waals surface area contributed by atoms with E-state index in [1.54, 1.807) is 31.0 Å². The number of rotatable bonds is 9. The van der Waals surface area contributed by atoms with Crippen LogP contribution in [0.5, 0.6) is 5.75 Å². The molecule has 1 heterocycles. The number of ether oxygens (including phenoxy) is 3. The molecule has 1 aromatic carbocycles. The third-order valence-electron chi connectivity index (χ3n) is 4.60. The maximum atomic E-state index is 12.6. The van der Waals surface area contributed by atoms with Gasteiger partial charge >= 0.3 is 5.97 Å². The van der Waals surface area contributed by atoms with Gasteiger partial charge in [0, 0.05) is 29.0 Å². The van der Waals surface area contributed by atoms with Gasteiger partial charge in [0.05, 0.1) is 19.8 Å². The summed E-state index contributed by atoms with van der Waals surface area (Å²) in [6.07, 6.45) is 1.94. The molecule has 152 valence electrons. The molecule has 1 atom stereocenters. The molecular weight excluding hydrogens is 378 g/mol. The second-order valence-electron chi connectivity index (χ2n) is 6.52. The van der Waals surface area contributed by atoms with E-state index in [9.17, 15) is 9.59 Å². The van der Waals surface area contributed by atoms with Crippen molar-refractivity contribution in [1.29, 1.82) is 0 Å². The van der Waals surface area contributed by atoms with E-state index in [2.05, 4.69) is 4.57 Å². The number of ketones is 1. The molecule has 0 spiro atoms. The van der Waals surface area contributed by atoms with Crippen molar-refractivity contribution in [2.45, 2.75) is 31.7 Å². The van der Waals surface area contributed by atoms with Gasteiger partial charge in [0.25, 0.3) is 0 Å². The first-order valence-electron chi connectivity index (χ1n) is 8.93. The lowest BCUT2D eigenvalue weighted by atomic mass is 10.1. The van der Waals surface area contributed by atoms with Gasteiger partial charge in [0.15, 0.2) is 6.61 Å². The second-order valence-corrected chi connectivity index (χ2v) is 7.40. The minimum absolute atomic E-state index is 0.105. The number of carbonyl (C=O) groups excluding carboxylic acids is 2. The number of aryl methyl sites for hydroxylation is 1. The molecule has 0 saturated carbocycles. The average Bonchev–Trinajstić information content (AvgIpc) is 2.99. The third kappa shape index (κ3) is 4.77. The van der Waals surface area contributed by atoms with Crippen LogP contribution in [0, 0.1) is 13.8 Å². The zero-order valence-corrected chi connectivity index (χ0v) is 18.0. The van der Waals surface area contributed by atoms with Crippen LogP contribution in [-0.2, 0) is 9.47 Å². The fourth-order valence-electron chi connectivity index (χ4n) is 3.31. The Bertz CT molecular complexity index is 859. The number of methoxy groups -OCH3 is 2. The van der Waals surface area contributed by atoms with Crippen molar-refractivity contribution >= 4 is 23.5 Å². The number of benzene rings is 1. The number of hydrogen-bond acceptors (Lipinski definition) is 6. The van der Waals surface area contributed by atoms with Gasteiger partial charge in [-0.15, -0.1) is 11.8 Å². The van der Waals surface area contributed by atoms with E-state index < -0.39 is 5.97 Å². The number of nitrogens with zero attached hydrogens (tertiary/aromatic N) is 1. The zero-order valence-electron chi connectivity index (χ0n) is 17.2. The SMILES string of the molecule is COC[C@@H](C)n1c(C)cc(C(=O)COC(=O)c2ccc(SC)cc2OC)c1C. The van der Waals surface area contributed by atoms with Crippen molar-refractivity contribution in [1.82, 2.24) is 4.57 Å². The molecule has 0 aliphatic heterocycles. The Hall–Kier alpha value is -2.25. The molecule has 0 N–H and O–H groups in total. The molecule has 2 rings (SSSR count). The molecule has 0 aliphatic carbocycles. The van der Waals surface area contributed by atoms with Crippen LogP contribution in [-0.4, -0.2) is 50.0 Å². The van der Waals surface area contributed by atoms with Gasteiger partial charge in [-0.1, -0.05) is 0 Å². The molecule has 0 saturated heterocycles. The minimum Gasteiger partial charge on any atom is -0.496 e. The summed E-state index contributed by atoms with van der Waals surface area (Å²) in [4.78, 5) is 26.0. The third-order valence-corrected chi connectivity index (χ3v) is 5.32. The lowest BCUT2D eigenvalue weighted by molar-refractivity contribution is 0.0471. The molecule has 0 radical (unpaired) electrons. The molecule has 0 aliphatic rings. The molecule has 0 fully saturated rings. The quantitative estimate of drug-likeness (QED) is 0.356. The summed E-state index contributed by atoms with van der Waals surface area (Å²) in [5.41, 5.74) is 2.65. The molecule has 0 bridgehead atoms. The van der Waals surface area contributed by atoms with Crippen LogP contribution in [0.1, 0.15) is 45.1 Å². The van der Waals surface area contributed by atoms with Gasteiger partial charge in [0.1, 0.15) is 11.3 Å². The highest BCUT2D eigenvalue weighted by molar-refractivity contribution is 7.98. The maximum Gasteiger partial charge on any atom is 0.342 e. The van der Waals surface area contributed by atoms with Crippen molar-refractivity contribution in [2.24, 2.45) is 0 Å². The molecule has 0 unspecified atom stereocenters. The van der Waals surface area contributed by atoms with Crippen LogP contribution >= 0.6 is 11.8 Å². The van der Waals surface area contributed by atoms with Gasteiger partial charge in [-0.3, -0.25) is 4.79 Å². The second kappa shape index (κ2) is 9.80. The topological polar surface area (TPSA) is 66.8 Å². The van der Waals surface area contributed by atoms with Crippen molar-refractivity contribution in [2.75, 3.05) is 33.7 Å². The first-order chi connectivity index (χ1) is 13.3. The Labute approximate surface area is 170 Å². The van der Waals surface area contributed by atoms with Crippen molar-refractivity contribution in [3.63, 3.8) is 0 Å². The van der Waals surface area contributed by atoms with Crippen LogP contribution in [0.25, 0.3) is 0 Å². The number of hydrogen-bond donors (Lipinski definition) is 0. The Morgan fingerprint density at radius 2 is 1.86 bits per heavy atom. The van der Waals surface area contributed by atoms with Gasteiger partial charge in [0.2, 0.25) is 5.78 Å². The minimum atomic E-state index is -0.584. The lowest BCUT2D eigenvalue weighted by Crippen LogP contribution is -2.17. The smallest absolute Gasteiger partial charge is 0.342 e. The fraction of sp³-hybridized carbons (Fsp3) is 0.429. The van der Waals surface area contributed by atoms with E-state index in [4.69, 9.17) is 14.2 Å². The van der Waals surface area contributed by atoms with Gasteiger partial charge < -0.3 is 18.8 Å². The van der Waals surface area contributed by atoms with Crippen LogP contribution in [0.4, 0.5) is 0 Å². The highest BCUT2D eigenvalue weighted by Crippen LogP contribution is 2.26. The van der Waals surface area contributed by atoms with Crippen LogP contribution in [0.3, 0.4) is 0 Å². The molecule has 28 heavy (non-hydrogen) atoms. The summed E-state index contributed by atoms with van der Waals surface area (Å²) in [5.74, 6) is -0.396. The fourth-order valence-corrected chi connectivity index (χ4v) is 3.74. The van der Waals surface area contributed by atoms with E-state index in [-0.39, 0.29) is 18.4 Å². The summed E-state index contributed by atoms with van der Waals surface area (Å²) in [5, 5.41) is 0. The normalized spacial score (nSPS) is 11.9. The van der Waals surface area contributed by atoms with Crippen LogP contribution in [0.2, 0.25) is 0 Å². The van der Waals surface area contributed by atoms with Crippen molar-refractivity contribution < 1.29 is 23.8 Å². The average molecular weight is 406 g/mol. The van der Waals surface area contributed by atoms with Crippen LogP contribution < -0.4 is 4.74 Å². The Kier molecular flexibility index (Phi) is 7.71. The highest BCUT2D eigenvalue weighted by atomic mass is 32.2. The number of thioether (sulfide) groups is 1. The van der Waals surface area contributed by atoms with Gasteiger partial charge in [-0.05, 0) is 51.3 Å². The molecule has 6 nitrogen and oxygen atoms in total. The van der Waals surface area contributed by atoms with E-state index in [0.29, 0.717) is 23.5 Å². The monoisotopic (exact) mass is 405 g/mol. The maximum absolute atomic E-state index is 12.6. The molecule has 1 aromatic heterocycles. The standard InChI is InChI=1S/C21H27NO5S/c1-13-9-18(15(3)22(13)14(2)11-25-4)19(23)12-27-21(24)17-8-7-16(28-6)10-20(17)26-5/h7-10,14H,11-12H2,1-6H3/t14-/m1/s1. The van der Waals surface area contributed by atoms with E-state index in [1.165, 1.54) is 7.11 Å². The largest absolute Gasteiger partial charge is 0.496 e. The number of aromatic nitrogens is 1. The zero-order chi connectivity index (χ0) is 20.8. The predicted molar refractivity (Wildman–Crippen MR) is 110 cm³/mol. The van der Waals surface area contributed by atoms with Gasteiger partial charge in [-0.2, -0.15) is 0 Å². The van der Waals surface area contributed by atoms with E-state index in [0.717, 1.165) is 16.3 Å². The first kappa shape index (κ1) is 22.0. The van der Waals surface area contributed by atoms with E-state index in [1.807, 2.05) is 39.2 Å². The van der Waals surface area contributed by atoms with E-state index >= 15 is 0 Å². The molecular formula is C21H27NO5S. The number of carbonyl (C=O) groups is 2. The Morgan fingerprint density at radius 1 is 1.14 bits per heavy atom. The predicted octanol–water partition coefficient (Wildman–Crippen LogP) is 4.08. The van der Waals surface area contributed by atoms with Gasteiger partial charge in [-0.25, -0.2) is 4.79 Å². The summed E-state index contributed by atoms with van der Waals surface area (Å²) in [6.45, 7) is 6.08. The van der Waals surface area contributed by atoms with Crippen molar-refractivity contribution in [3.05, 3.63) is 46.8 Å².